The van der Waals surface area contributed by atoms with Gasteiger partial charge in [0, 0.05) is 48.8 Å². The van der Waals surface area contributed by atoms with E-state index in [1.807, 2.05) is 6.20 Å². The summed E-state index contributed by atoms with van der Waals surface area (Å²) in [6, 6.07) is 25.8. The number of pyridine rings is 1. The normalized spacial score (nSPS) is 15.5. The number of carbonyl (C=O) groups excluding carboxylic acids is 1. The van der Waals surface area contributed by atoms with Gasteiger partial charge in [0.25, 0.3) is 0 Å². The number of nitrogens with zero attached hydrogens (tertiary/aromatic N) is 1. The maximum Gasteiger partial charge on any atom is 0.155 e. The maximum absolute atomic E-state index is 10.0. The van der Waals surface area contributed by atoms with Crippen LogP contribution in [0.1, 0.15) is 90.8 Å². The van der Waals surface area contributed by atoms with Crippen LogP contribution in [0.5, 0.6) is 0 Å². The van der Waals surface area contributed by atoms with Crippen molar-refractivity contribution in [2.24, 2.45) is 0 Å². The van der Waals surface area contributed by atoms with E-state index in [0.29, 0.717) is 5.92 Å². The maximum atomic E-state index is 10.0. The third-order valence-electron chi connectivity index (χ3n) is 9.42. The molecule has 6 aromatic rings. The fourth-order valence-corrected chi connectivity index (χ4v) is 6.87. The Labute approximate surface area is 285 Å². The molecule has 0 spiro atoms. The molecule has 1 aliphatic carbocycles. The van der Waals surface area contributed by atoms with Crippen molar-refractivity contribution in [3.05, 3.63) is 101 Å². The number of hydrogen-bond donors (Lipinski definition) is 1. The number of rotatable bonds is 3. The monoisotopic (exact) mass is 789 g/mol. The zero-order valence-corrected chi connectivity index (χ0v) is 30.4. The predicted molar refractivity (Wildman–Crippen MR) is 187 cm³/mol. The summed E-state index contributed by atoms with van der Waals surface area (Å²) in [6.45, 7) is 16.9. The van der Waals surface area contributed by atoms with Gasteiger partial charge in [0.05, 0.1) is 5.76 Å². The molecule has 46 heavy (non-hydrogen) atoms. The van der Waals surface area contributed by atoms with Crippen LogP contribution in [0.15, 0.2) is 83.1 Å². The number of furan rings is 1. The fourth-order valence-electron chi connectivity index (χ4n) is 6.87. The Morgan fingerprint density at radius 2 is 1.50 bits per heavy atom. The smallest absolute Gasteiger partial charge is 0.155 e. The van der Waals surface area contributed by atoms with Crippen LogP contribution in [0.3, 0.4) is 0 Å². The van der Waals surface area contributed by atoms with Gasteiger partial charge in [-0.2, -0.15) is 0 Å². The Morgan fingerprint density at radius 3 is 2.13 bits per heavy atom. The molecule has 1 N–H and O–H groups in total. The minimum absolute atomic E-state index is 0. The van der Waals surface area contributed by atoms with Crippen molar-refractivity contribution in [3.63, 3.8) is 0 Å². The van der Waals surface area contributed by atoms with E-state index in [1.165, 1.54) is 60.2 Å². The van der Waals surface area contributed by atoms with Crippen molar-refractivity contribution in [2.75, 3.05) is 0 Å². The quantitative estimate of drug-likeness (QED) is 0.110. The van der Waals surface area contributed by atoms with Crippen molar-refractivity contribution in [1.29, 1.82) is 0 Å². The average Bonchev–Trinajstić information content (AvgIpc) is 3.33. The topological polar surface area (TPSA) is 63.3 Å². The Balaban J connectivity index is 0.000000471. The van der Waals surface area contributed by atoms with Crippen LogP contribution in [-0.4, -0.2) is 15.9 Å². The Kier molecular flexibility index (Phi) is 9.07. The molecule has 0 saturated carbocycles. The minimum Gasteiger partial charge on any atom is -0.512 e. The second-order valence-corrected chi connectivity index (χ2v) is 14.2. The van der Waals surface area contributed by atoms with Gasteiger partial charge in [0.15, 0.2) is 5.78 Å². The molecule has 0 unspecified atom stereocenters. The Bertz CT molecular complexity index is 2140. The number of carbonyl (C=O) groups is 1. The summed E-state index contributed by atoms with van der Waals surface area (Å²) in [6.07, 6.45) is 5.47. The molecule has 2 heterocycles. The first kappa shape index (κ1) is 33.6. The van der Waals surface area contributed by atoms with Crippen LogP contribution in [0, 0.1) is 6.07 Å². The van der Waals surface area contributed by atoms with Crippen molar-refractivity contribution >= 4 is 49.3 Å². The average molecular weight is 789 g/mol. The van der Waals surface area contributed by atoms with Crippen LogP contribution < -0.4 is 0 Å². The van der Waals surface area contributed by atoms with Gasteiger partial charge >= 0.3 is 0 Å². The SMILES string of the molecule is CC(=O)/C=C(/C)O.CC(C)c1cc(-c2nccc3cc4oc5cc6c(cc5c4cc23)C(C)(C)CCC6(C)C)[c-]c2ccccc12.[Ir]. The number of fused-ring (bicyclic) bond motifs is 6. The van der Waals surface area contributed by atoms with Gasteiger partial charge in [-0.25, -0.2) is 0 Å². The second kappa shape index (κ2) is 12.4. The molecule has 0 amide bonds. The predicted octanol–water partition coefficient (Wildman–Crippen LogP) is 11.3. The Hall–Kier alpha value is -3.79. The van der Waals surface area contributed by atoms with E-state index < -0.39 is 0 Å². The van der Waals surface area contributed by atoms with Crippen LogP contribution in [0.2, 0.25) is 0 Å². The summed E-state index contributed by atoms with van der Waals surface area (Å²) in [5, 5.41) is 15.4. The van der Waals surface area contributed by atoms with E-state index >= 15 is 0 Å². The third-order valence-corrected chi connectivity index (χ3v) is 9.42. The number of aliphatic hydroxyl groups is 1. The van der Waals surface area contributed by atoms with Crippen molar-refractivity contribution in [1.82, 2.24) is 4.98 Å². The van der Waals surface area contributed by atoms with Crippen molar-refractivity contribution in [3.8, 4) is 11.3 Å². The standard InChI is InChI=1S/C36H34NO.C5H8O2.Ir/c1-21(2)26-16-24(15-22-9-7-8-10-25(22)26)34-27-18-28-29-19-30-31(36(5,6)13-12-35(30,3)4)20-33(29)38-32(28)17-23(27)11-14-37-34;1-4(6)3-5(2)7;/h7-11,14,16-21H,12-13H2,1-6H3;3,6H,1-2H3;/q-1;;/b;4-3-;. The summed E-state index contributed by atoms with van der Waals surface area (Å²) in [4.78, 5) is 14.9. The van der Waals surface area contributed by atoms with Crippen LogP contribution >= 0.6 is 0 Å². The third kappa shape index (κ3) is 6.16. The van der Waals surface area contributed by atoms with Crippen LogP contribution in [0.4, 0.5) is 0 Å². The molecule has 0 bridgehead atoms. The molecule has 7 rings (SSSR count). The number of aliphatic hydroxyl groups excluding tert-OH is 1. The molecule has 5 heteroatoms. The molecule has 0 aliphatic heterocycles. The molecule has 0 fully saturated rings. The molecule has 0 atom stereocenters. The van der Waals surface area contributed by atoms with Gasteiger partial charge in [0.1, 0.15) is 11.2 Å². The summed E-state index contributed by atoms with van der Waals surface area (Å²) < 4.78 is 6.51. The molecular weight excluding hydrogens is 747 g/mol. The number of benzene rings is 4. The number of ketones is 1. The van der Waals surface area contributed by atoms with Gasteiger partial charge < -0.3 is 9.52 Å². The zero-order chi connectivity index (χ0) is 32.3. The van der Waals surface area contributed by atoms with Gasteiger partial charge in [0.2, 0.25) is 0 Å². The van der Waals surface area contributed by atoms with E-state index in [-0.39, 0.29) is 42.5 Å². The summed E-state index contributed by atoms with van der Waals surface area (Å²) in [7, 11) is 0. The summed E-state index contributed by atoms with van der Waals surface area (Å²) in [5.41, 5.74) is 8.47. The first-order chi connectivity index (χ1) is 21.2. The molecular formula is C41H42IrNO3-. The molecule has 0 saturated heterocycles. The summed E-state index contributed by atoms with van der Waals surface area (Å²) >= 11 is 0. The molecule has 4 nitrogen and oxygen atoms in total. The first-order valence-corrected chi connectivity index (χ1v) is 15.9. The van der Waals surface area contributed by atoms with E-state index in [4.69, 9.17) is 14.5 Å². The summed E-state index contributed by atoms with van der Waals surface area (Å²) in [5.74, 6) is 0.346. The van der Waals surface area contributed by atoms with Crippen LogP contribution in [-0.2, 0) is 35.7 Å². The van der Waals surface area contributed by atoms with E-state index in [0.717, 1.165) is 44.0 Å². The largest absolute Gasteiger partial charge is 0.512 e. The van der Waals surface area contributed by atoms with E-state index in [1.54, 1.807) is 0 Å². The van der Waals surface area contributed by atoms with Crippen LogP contribution in [0.25, 0.3) is 54.7 Å². The number of hydrogen-bond acceptors (Lipinski definition) is 4. The second-order valence-electron chi connectivity index (χ2n) is 14.2. The van der Waals surface area contributed by atoms with E-state index in [9.17, 15) is 4.79 Å². The van der Waals surface area contributed by atoms with Gasteiger partial charge in [-0.15, -0.1) is 29.1 Å². The molecule has 2 aromatic heterocycles. The van der Waals surface area contributed by atoms with Crippen molar-refractivity contribution in [2.45, 2.75) is 85.0 Å². The Morgan fingerprint density at radius 1 is 0.870 bits per heavy atom. The van der Waals surface area contributed by atoms with Gasteiger partial charge in [-0.3, -0.25) is 9.78 Å². The number of aromatic nitrogens is 1. The molecule has 1 radical (unpaired) electrons. The van der Waals surface area contributed by atoms with E-state index in [2.05, 4.69) is 108 Å². The van der Waals surface area contributed by atoms with Gasteiger partial charge in [-0.05, 0) is 95.7 Å². The first-order valence-electron chi connectivity index (χ1n) is 15.9. The number of allylic oxidation sites excluding steroid dienone is 2. The molecule has 239 valence electrons. The molecule has 4 aromatic carbocycles. The fraction of sp³-hybridized carbons (Fsp3) is 0.317. The molecule has 1 aliphatic rings. The van der Waals surface area contributed by atoms with Crippen molar-refractivity contribution < 1.29 is 34.4 Å². The minimum atomic E-state index is -0.125. The van der Waals surface area contributed by atoms with Gasteiger partial charge in [-0.1, -0.05) is 70.7 Å². The zero-order valence-electron chi connectivity index (χ0n) is 28.0.